The number of aliphatic carboxylic acids is 1. The Morgan fingerprint density at radius 1 is 1.62 bits per heavy atom. The maximum atomic E-state index is 10.4. The highest BCUT2D eigenvalue weighted by Gasteiger charge is 2.04. The van der Waals surface area contributed by atoms with E-state index in [0.717, 1.165) is 0 Å². The predicted molar refractivity (Wildman–Crippen MR) is 52.9 cm³/mol. The van der Waals surface area contributed by atoms with Crippen molar-refractivity contribution in [3.63, 3.8) is 0 Å². The second-order valence-electron chi connectivity index (χ2n) is 3.14. The molecule has 2 aromatic heterocycles. The molecule has 0 aliphatic carbocycles. The number of rotatable bonds is 5. The van der Waals surface area contributed by atoms with Gasteiger partial charge in [-0.25, -0.2) is 0 Å². The standard InChI is InChI=1S/C10H10N2O4/c13-10(14)6-12-5-9(4-11-12)16-7-8-2-1-3-15-8/h1-5H,6-7H2,(H,13,14). The molecule has 0 radical (unpaired) electrons. The van der Waals surface area contributed by atoms with Gasteiger partial charge >= 0.3 is 5.97 Å². The van der Waals surface area contributed by atoms with Gasteiger partial charge in [-0.1, -0.05) is 0 Å². The second-order valence-corrected chi connectivity index (χ2v) is 3.14. The van der Waals surface area contributed by atoms with Crippen molar-refractivity contribution in [2.75, 3.05) is 0 Å². The van der Waals surface area contributed by atoms with E-state index in [1.54, 1.807) is 18.4 Å². The lowest BCUT2D eigenvalue weighted by atomic mass is 10.5. The van der Waals surface area contributed by atoms with E-state index in [9.17, 15) is 4.79 Å². The van der Waals surface area contributed by atoms with Crippen LogP contribution in [0.3, 0.4) is 0 Å². The Morgan fingerprint density at radius 2 is 2.50 bits per heavy atom. The van der Waals surface area contributed by atoms with E-state index < -0.39 is 5.97 Å². The van der Waals surface area contributed by atoms with Crippen LogP contribution in [0.2, 0.25) is 0 Å². The molecule has 0 amide bonds. The smallest absolute Gasteiger partial charge is 0.325 e. The van der Waals surface area contributed by atoms with Gasteiger partial charge in [-0.3, -0.25) is 9.48 Å². The Bertz CT molecular complexity index is 461. The molecule has 0 aromatic carbocycles. The molecular formula is C10H10N2O4. The first-order valence-corrected chi connectivity index (χ1v) is 4.63. The maximum Gasteiger partial charge on any atom is 0.325 e. The van der Waals surface area contributed by atoms with E-state index in [1.165, 1.54) is 17.1 Å². The Morgan fingerprint density at radius 3 is 3.19 bits per heavy atom. The summed E-state index contributed by atoms with van der Waals surface area (Å²) < 4.78 is 11.7. The fourth-order valence-corrected chi connectivity index (χ4v) is 1.19. The van der Waals surface area contributed by atoms with Crippen LogP contribution < -0.4 is 4.74 Å². The first-order valence-electron chi connectivity index (χ1n) is 4.63. The van der Waals surface area contributed by atoms with Crippen molar-refractivity contribution in [1.82, 2.24) is 9.78 Å². The Kier molecular flexibility index (Phi) is 2.90. The number of carbonyl (C=O) groups is 1. The highest BCUT2D eigenvalue weighted by Crippen LogP contribution is 2.11. The molecule has 0 aliphatic heterocycles. The molecule has 0 atom stereocenters. The summed E-state index contributed by atoms with van der Waals surface area (Å²) in [6, 6.07) is 3.56. The van der Waals surface area contributed by atoms with Gasteiger partial charge in [-0.2, -0.15) is 5.10 Å². The van der Waals surface area contributed by atoms with Crippen LogP contribution in [0.25, 0.3) is 0 Å². The minimum absolute atomic E-state index is 0.176. The van der Waals surface area contributed by atoms with Gasteiger partial charge in [-0.05, 0) is 12.1 Å². The highest BCUT2D eigenvalue weighted by molar-refractivity contribution is 5.66. The lowest BCUT2D eigenvalue weighted by Gasteiger charge is -1.99. The minimum Gasteiger partial charge on any atom is -0.482 e. The van der Waals surface area contributed by atoms with Crippen molar-refractivity contribution in [2.45, 2.75) is 13.2 Å². The van der Waals surface area contributed by atoms with Crippen LogP contribution in [0.15, 0.2) is 35.2 Å². The van der Waals surface area contributed by atoms with Gasteiger partial charge in [0.1, 0.15) is 18.9 Å². The minimum atomic E-state index is -0.944. The molecular weight excluding hydrogens is 212 g/mol. The SMILES string of the molecule is O=C(O)Cn1cc(OCc2ccco2)cn1. The summed E-state index contributed by atoms with van der Waals surface area (Å²) in [5, 5.41) is 12.4. The maximum absolute atomic E-state index is 10.4. The number of hydrogen-bond acceptors (Lipinski definition) is 4. The number of hydrogen-bond donors (Lipinski definition) is 1. The quantitative estimate of drug-likeness (QED) is 0.820. The molecule has 2 rings (SSSR count). The number of nitrogens with zero attached hydrogens (tertiary/aromatic N) is 2. The van der Waals surface area contributed by atoms with E-state index in [0.29, 0.717) is 18.1 Å². The monoisotopic (exact) mass is 222 g/mol. The molecule has 0 fully saturated rings. The van der Waals surface area contributed by atoms with Crippen molar-refractivity contribution >= 4 is 5.97 Å². The first kappa shape index (κ1) is 10.3. The van der Waals surface area contributed by atoms with Gasteiger partial charge in [0.15, 0.2) is 5.75 Å². The zero-order valence-corrected chi connectivity index (χ0v) is 8.37. The van der Waals surface area contributed by atoms with Crippen LogP contribution in [0.5, 0.6) is 5.75 Å². The zero-order chi connectivity index (χ0) is 11.4. The fraction of sp³-hybridized carbons (Fsp3) is 0.200. The number of carboxylic acids is 1. The normalized spacial score (nSPS) is 10.2. The fourth-order valence-electron chi connectivity index (χ4n) is 1.19. The Balaban J connectivity index is 1.90. The number of ether oxygens (including phenoxy) is 1. The predicted octanol–water partition coefficient (Wildman–Crippen LogP) is 1.14. The molecule has 6 nitrogen and oxygen atoms in total. The van der Waals surface area contributed by atoms with E-state index in [1.807, 2.05) is 0 Å². The van der Waals surface area contributed by atoms with Gasteiger partial charge in [0.2, 0.25) is 0 Å². The van der Waals surface area contributed by atoms with Gasteiger partial charge in [0.05, 0.1) is 18.7 Å². The van der Waals surface area contributed by atoms with Crippen molar-refractivity contribution in [3.05, 3.63) is 36.5 Å². The molecule has 2 aromatic rings. The molecule has 6 heteroatoms. The second kappa shape index (κ2) is 4.52. The van der Waals surface area contributed by atoms with Crippen molar-refractivity contribution < 1.29 is 19.1 Å². The molecule has 1 N–H and O–H groups in total. The lowest BCUT2D eigenvalue weighted by molar-refractivity contribution is -0.137. The molecule has 0 saturated heterocycles. The molecule has 2 heterocycles. The van der Waals surface area contributed by atoms with Gasteiger partial charge in [0.25, 0.3) is 0 Å². The molecule has 84 valence electrons. The molecule has 16 heavy (non-hydrogen) atoms. The number of furan rings is 1. The van der Waals surface area contributed by atoms with Crippen LogP contribution in [0, 0.1) is 0 Å². The van der Waals surface area contributed by atoms with Crippen LogP contribution in [0.1, 0.15) is 5.76 Å². The van der Waals surface area contributed by atoms with Crippen molar-refractivity contribution in [1.29, 1.82) is 0 Å². The summed E-state index contributed by atoms with van der Waals surface area (Å²) in [4.78, 5) is 10.4. The topological polar surface area (TPSA) is 77.5 Å². The van der Waals surface area contributed by atoms with Crippen LogP contribution in [0.4, 0.5) is 0 Å². The third-order valence-electron chi connectivity index (χ3n) is 1.87. The summed E-state index contributed by atoms with van der Waals surface area (Å²) in [7, 11) is 0. The highest BCUT2D eigenvalue weighted by atomic mass is 16.5. The molecule has 0 aliphatic rings. The summed E-state index contributed by atoms with van der Waals surface area (Å²) in [6.07, 6.45) is 4.55. The zero-order valence-electron chi connectivity index (χ0n) is 8.37. The van der Waals surface area contributed by atoms with Crippen LogP contribution in [-0.4, -0.2) is 20.9 Å². The van der Waals surface area contributed by atoms with Crippen molar-refractivity contribution in [2.24, 2.45) is 0 Å². The lowest BCUT2D eigenvalue weighted by Crippen LogP contribution is -2.08. The first-order chi connectivity index (χ1) is 7.74. The number of aromatic nitrogens is 2. The average molecular weight is 222 g/mol. The molecule has 0 spiro atoms. The third kappa shape index (κ3) is 2.63. The average Bonchev–Trinajstić information content (AvgIpc) is 2.84. The van der Waals surface area contributed by atoms with Crippen LogP contribution >= 0.6 is 0 Å². The summed E-state index contributed by atoms with van der Waals surface area (Å²) in [5.41, 5.74) is 0. The van der Waals surface area contributed by atoms with Gasteiger partial charge in [0, 0.05) is 0 Å². The molecule has 0 saturated carbocycles. The van der Waals surface area contributed by atoms with E-state index in [-0.39, 0.29) is 6.54 Å². The van der Waals surface area contributed by atoms with Gasteiger partial charge in [-0.15, -0.1) is 0 Å². The summed E-state index contributed by atoms with van der Waals surface area (Å²) >= 11 is 0. The largest absolute Gasteiger partial charge is 0.482 e. The molecule has 0 bridgehead atoms. The Labute approximate surface area is 91.1 Å². The molecule has 0 unspecified atom stereocenters. The summed E-state index contributed by atoms with van der Waals surface area (Å²) in [5.74, 6) is 0.268. The third-order valence-corrected chi connectivity index (χ3v) is 1.87. The van der Waals surface area contributed by atoms with Gasteiger partial charge < -0.3 is 14.3 Å². The van der Waals surface area contributed by atoms with E-state index in [4.69, 9.17) is 14.3 Å². The van der Waals surface area contributed by atoms with Crippen molar-refractivity contribution in [3.8, 4) is 5.75 Å². The van der Waals surface area contributed by atoms with E-state index >= 15 is 0 Å². The summed E-state index contributed by atoms with van der Waals surface area (Å²) in [6.45, 7) is 0.121. The van der Waals surface area contributed by atoms with E-state index in [2.05, 4.69) is 5.10 Å². The van der Waals surface area contributed by atoms with Crippen LogP contribution in [-0.2, 0) is 17.9 Å². The Hall–Kier alpha value is -2.24. The number of carboxylic acid groups (broad SMARTS) is 1.